The molecule has 0 spiro atoms. The van der Waals surface area contributed by atoms with Crippen molar-refractivity contribution >= 4 is 23.8 Å². The molecule has 122 valence electrons. The molecule has 0 aliphatic carbocycles. The van der Waals surface area contributed by atoms with Crippen molar-refractivity contribution in [3.63, 3.8) is 0 Å². The summed E-state index contributed by atoms with van der Waals surface area (Å²) in [6.07, 6.45) is -0.795. The third-order valence-electron chi connectivity index (χ3n) is 2.89. The number of nitrogens with zero attached hydrogens (tertiary/aromatic N) is 2. The Morgan fingerprint density at radius 3 is 2.57 bits per heavy atom. The quantitative estimate of drug-likeness (QED) is 0.802. The largest absolute Gasteiger partial charge is 0.497 e. The van der Waals surface area contributed by atoms with Gasteiger partial charge in [0, 0.05) is 5.56 Å². The maximum Gasteiger partial charge on any atom is 0.413 e. The zero-order valence-corrected chi connectivity index (χ0v) is 13.6. The van der Waals surface area contributed by atoms with Crippen LogP contribution in [0.15, 0.2) is 29.4 Å². The lowest BCUT2D eigenvalue weighted by molar-refractivity contribution is -0.119. The van der Waals surface area contributed by atoms with E-state index in [2.05, 4.69) is 25.2 Å². The molecule has 0 aliphatic rings. The third-order valence-corrected chi connectivity index (χ3v) is 3.85. The molecule has 0 unspecified atom stereocenters. The molecule has 2 rings (SSSR count). The number of imide groups is 1. The van der Waals surface area contributed by atoms with Crippen molar-refractivity contribution in [3.8, 4) is 17.1 Å². The molecule has 1 atom stereocenters. The van der Waals surface area contributed by atoms with Gasteiger partial charge in [-0.1, -0.05) is 11.8 Å². The summed E-state index contributed by atoms with van der Waals surface area (Å²) in [7, 11) is 2.79. The SMILES string of the molecule is COC(=O)NC(=O)[C@H](C)Sc1n[nH]c(-c2ccc(OC)cc2)n1. The van der Waals surface area contributed by atoms with Crippen LogP contribution in [0.4, 0.5) is 4.79 Å². The number of hydrogen-bond acceptors (Lipinski definition) is 7. The first-order valence-corrected chi connectivity index (χ1v) is 7.53. The number of amides is 2. The van der Waals surface area contributed by atoms with Gasteiger partial charge in [-0.2, -0.15) is 0 Å². The number of rotatable bonds is 5. The monoisotopic (exact) mass is 336 g/mol. The summed E-state index contributed by atoms with van der Waals surface area (Å²) in [6, 6.07) is 7.33. The number of H-pyrrole nitrogens is 1. The van der Waals surface area contributed by atoms with E-state index in [-0.39, 0.29) is 0 Å². The Morgan fingerprint density at radius 1 is 1.26 bits per heavy atom. The Labute approximate surface area is 137 Å². The van der Waals surface area contributed by atoms with Crippen LogP contribution in [0.1, 0.15) is 6.92 Å². The van der Waals surface area contributed by atoms with Crippen LogP contribution in [-0.2, 0) is 9.53 Å². The van der Waals surface area contributed by atoms with Crippen molar-refractivity contribution in [2.45, 2.75) is 17.3 Å². The number of methoxy groups -OCH3 is 2. The van der Waals surface area contributed by atoms with Crippen LogP contribution in [0.2, 0.25) is 0 Å². The summed E-state index contributed by atoms with van der Waals surface area (Å²) >= 11 is 1.13. The summed E-state index contributed by atoms with van der Waals surface area (Å²) in [5, 5.41) is 8.82. The summed E-state index contributed by atoms with van der Waals surface area (Å²) < 4.78 is 9.47. The molecule has 0 bridgehead atoms. The van der Waals surface area contributed by atoms with E-state index in [1.807, 2.05) is 24.3 Å². The lowest BCUT2D eigenvalue weighted by Crippen LogP contribution is -2.35. The maximum atomic E-state index is 11.8. The molecule has 0 aliphatic heterocycles. The number of aromatic nitrogens is 3. The van der Waals surface area contributed by atoms with Gasteiger partial charge in [-0.15, -0.1) is 5.10 Å². The number of benzene rings is 1. The second-order valence-corrected chi connectivity index (χ2v) is 5.74. The van der Waals surface area contributed by atoms with Gasteiger partial charge in [0.1, 0.15) is 5.75 Å². The Kier molecular flexibility index (Phi) is 5.58. The van der Waals surface area contributed by atoms with Gasteiger partial charge in [0.25, 0.3) is 0 Å². The van der Waals surface area contributed by atoms with E-state index < -0.39 is 17.3 Å². The Morgan fingerprint density at radius 2 is 1.96 bits per heavy atom. The number of thioether (sulfide) groups is 1. The molecule has 1 aromatic carbocycles. The van der Waals surface area contributed by atoms with Gasteiger partial charge < -0.3 is 9.47 Å². The Hall–Kier alpha value is -2.55. The van der Waals surface area contributed by atoms with Gasteiger partial charge in [-0.05, 0) is 31.2 Å². The second kappa shape index (κ2) is 7.63. The standard InChI is InChI=1S/C14H16N4O4S/c1-8(12(19)16-14(20)22-3)23-13-15-11(17-18-13)9-4-6-10(21-2)7-5-9/h4-8H,1-3H3,(H,15,17,18)(H,16,19,20)/t8-/m0/s1. The van der Waals surface area contributed by atoms with Crippen molar-refractivity contribution in [2.75, 3.05) is 14.2 Å². The molecule has 23 heavy (non-hydrogen) atoms. The van der Waals surface area contributed by atoms with Crippen LogP contribution in [-0.4, -0.2) is 46.7 Å². The number of aromatic amines is 1. The molecule has 2 amide bonds. The average Bonchev–Trinajstić information content (AvgIpc) is 3.03. The predicted octanol–water partition coefficient (Wildman–Crippen LogP) is 1.84. The van der Waals surface area contributed by atoms with E-state index in [0.29, 0.717) is 11.0 Å². The normalized spacial score (nSPS) is 11.6. The molecule has 0 radical (unpaired) electrons. The number of carbonyl (C=O) groups excluding carboxylic acids is 2. The Bertz CT molecular complexity index is 686. The van der Waals surface area contributed by atoms with Crippen LogP contribution in [0.3, 0.4) is 0 Å². The van der Waals surface area contributed by atoms with E-state index in [4.69, 9.17) is 4.74 Å². The molecular formula is C14H16N4O4S. The molecule has 1 aromatic heterocycles. The fraction of sp³-hybridized carbons (Fsp3) is 0.286. The zero-order valence-electron chi connectivity index (χ0n) is 12.8. The molecule has 9 heteroatoms. The van der Waals surface area contributed by atoms with Gasteiger partial charge >= 0.3 is 6.09 Å². The van der Waals surface area contributed by atoms with Crippen LogP contribution in [0, 0.1) is 0 Å². The van der Waals surface area contributed by atoms with E-state index in [1.165, 1.54) is 7.11 Å². The number of hydrogen-bond donors (Lipinski definition) is 2. The van der Waals surface area contributed by atoms with Crippen molar-refractivity contribution in [1.82, 2.24) is 20.5 Å². The number of carbonyl (C=O) groups is 2. The second-order valence-electron chi connectivity index (χ2n) is 4.44. The summed E-state index contributed by atoms with van der Waals surface area (Å²) in [5.74, 6) is 0.851. The highest BCUT2D eigenvalue weighted by Crippen LogP contribution is 2.24. The molecule has 0 saturated heterocycles. The summed E-state index contributed by atoms with van der Waals surface area (Å²) in [4.78, 5) is 27.1. The number of nitrogens with one attached hydrogen (secondary N) is 2. The lowest BCUT2D eigenvalue weighted by atomic mass is 10.2. The molecule has 8 nitrogen and oxygen atoms in total. The van der Waals surface area contributed by atoms with Crippen LogP contribution < -0.4 is 10.1 Å². The summed E-state index contributed by atoms with van der Waals surface area (Å²) in [6.45, 7) is 1.65. The molecule has 0 saturated carbocycles. The first kappa shape index (κ1) is 16.8. The summed E-state index contributed by atoms with van der Waals surface area (Å²) in [5.41, 5.74) is 0.844. The number of ether oxygens (including phenoxy) is 2. The van der Waals surface area contributed by atoms with Crippen molar-refractivity contribution in [2.24, 2.45) is 0 Å². The third kappa shape index (κ3) is 4.46. The van der Waals surface area contributed by atoms with E-state index in [9.17, 15) is 9.59 Å². The Balaban J connectivity index is 2.01. The van der Waals surface area contributed by atoms with Crippen molar-refractivity contribution < 1.29 is 19.1 Å². The zero-order chi connectivity index (χ0) is 16.8. The molecule has 2 N–H and O–H groups in total. The highest BCUT2D eigenvalue weighted by Gasteiger charge is 2.19. The van der Waals surface area contributed by atoms with Crippen molar-refractivity contribution in [1.29, 1.82) is 0 Å². The first-order valence-electron chi connectivity index (χ1n) is 6.65. The van der Waals surface area contributed by atoms with Gasteiger partial charge in [0.2, 0.25) is 11.1 Å². The minimum absolute atomic E-state index is 0.406. The van der Waals surface area contributed by atoms with Crippen LogP contribution >= 0.6 is 11.8 Å². The molecule has 1 heterocycles. The first-order chi connectivity index (χ1) is 11.0. The van der Waals surface area contributed by atoms with Gasteiger partial charge in [0.15, 0.2) is 5.82 Å². The topological polar surface area (TPSA) is 106 Å². The van der Waals surface area contributed by atoms with Crippen molar-refractivity contribution in [3.05, 3.63) is 24.3 Å². The van der Waals surface area contributed by atoms with E-state index >= 15 is 0 Å². The van der Waals surface area contributed by atoms with Gasteiger partial charge in [-0.3, -0.25) is 15.2 Å². The highest BCUT2D eigenvalue weighted by atomic mass is 32.2. The smallest absolute Gasteiger partial charge is 0.413 e. The molecular weight excluding hydrogens is 320 g/mol. The maximum absolute atomic E-state index is 11.8. The molecule has 2 aromatic rings. The average molecular weight is 336 g/mol. The highest BCUT2D eigenvalue weighted by molar-refractivity contribution is 8.00. The molecule has 0 fully saturated rings. The minimum Gasteiger partial charge on any atom is -0.497 e. The van der Waals surface area contributed by atoms with Crippen LogP contribution in [0.5, 0.6) is 5.75 Å². The van der Waals surface area contributed by atoms with Crippen LogP contribution in [0.25, 0.3) is 11.4 Å². The lowest BCUT2D eigenvalue weighted by Gasteiger charge is -2.07. The fourth-order valence-corrected chi connectivity index (χ4v) is 2.37. The van der Waals surface area contributed by atoms with Gasteiger partial charge in [0.05, 0.1) is 19.5 Å². The predicted molar refractivity (Wildman–Crippen MR) is 84.2 cm³/mol. The number of alkyl carbamates (subject to hydrolysis) is 1. The van der Waals surface area contributed by atoms with Gasteiger partial charge in [-0.25, -0.2) is 9.78 Å². The van der Waals surface area contributed by atoms with E-state index in [1.54, 1.807) is 14.0 Å². The minimum atomic E-state index is -0.795. The fourth-order valence-electron chi connectivity index (χ4n) is 1.64. The van der Waals surface area contributed by atoms with E-state index in [0.717, 1.165) is 23.1 Å².